The summed E-state index contributed by atoms with van der Waals surface area (Å²) in [5.74, 6) is 1.41. The van der Waals surface area contributed by atoms with Crippen LogP contribution in [0.3, 0.4) is 0 Å². The van der Waals surface area contributed by atoms with E-state index in [9.17, 15) is 0 Å². The molecule has 0 saturated carbocycles. The van der Waals surface area contributed by atoms with Crippen molar-refractivity contribution in [1.82, 2.24) is 15.6 Å². The number of ether oxygens (including phenoxy) is 1. The van der Waals surface area contributed by atoms with Crippen molar-refractivity contribution in [3.8, 4) is 11.5 Å². The van der Waals surface area contributed by atoms with Crippen molar-refractivity contribution in [3.63, 3.8) is 0 Å². The Kier molecular flexibility index (Phi) is 7.22. The molecule has 3 aromatic rings. The number of guanidine groups is 1. The first-order valence-corrected chi connectivity index (χ1v) is 11.4. The maximum absolute atomic E-state index is 5.68. The summed E-state index contributed by atoms with van der Waals surface area (Å²) in [5.41, 5.74) is 4.39. The second kappa shape index (κ2) is 10.5. The second-order valence-corrected chi connectivity index (χ2v) is 8.32. The van der Waals surface area contributed by atoms with Gasteiger partial charge in [-0.1, -0.05) is 48.0 Å². The van der Waals surface area contributed by atoms with Gasteiger partial charge in [0.2, 0.25) is 5.89 Å². The van der Waals surface area contributed by atoms with E-state index in [4.69, 9.17) is 14.1 Å². The summed E-state index contributed by atoms with van der Waals surface area (Å²) in [4.78, 5) is 9.36. The number of oxazole rings is 1. The van der Waals surface area contributed by atoms with Crippen LogP contribution in [0.5, 0.6) is 0 Å². The Labute approximate surface area is 190 Å². The monoisotopic (exact) mass is 432 g/mol. The summed E-state index contributed by atoms with van der Waals surface area (Å²) in [7, 11) is 0. The molecule has 2 N–H and O–H groups in total. The van der Waals surface area contributed by atoms with Gasteiger partial charge in [-0.15, -0.1) is 0 Å². The van der Waals surface area contributed by atoms with Crippen LogP contribution in [0.2, 0.25) is 0 Å². The number of hydrogen-bond donors (Lipinski definition) is 2. The molecule has 1 fully saturated rings. The highest BCUT2D eigenvalue weighted by atomic mass is 16.5. The minimum absolute atomic E-state index is 0.0439. The lowest BCUT2D eigenvalue weighted by Gasteiger charge is -2.38. The first-order valence-electron chi connectivity index (χ1n) is 11.4. The fourth-order valence-corrected chi connectivity index (χ4v) is 4.08. The van der Waals surface area contributed by atoms with Crippen LogP contribution in [-0.4, -0.2) is 37.2 Å². The van der Waals surface area contributed by atoms with Gasteiger partial charge < -0.3 is 19.8 Å². The zero-order valence-electron chi connectivity index (χ0n) is 18.9. The Morgan fingerprint density at radius 2 is 1.78 bits per heavy atom. The molecular formula is C26H32N4O2. The van der Waals surface area contributed by atoms with Gasteiger partial charge in [0.25, 0.3) is 0 Å². The molecule has 2 heterocycles. The van der Waals surface area contributed by atoms with Crippen LogP contribution in [0.1, 0.15) is 36.6 Å². The molecule has 0 amide bonds. The van der Waals surface area contributed by atoms with Crippen molar-refractivity contribution < 1.29 is 9.15 Å². The standard InChI is InChI=1S/C26H32N4O2/c1-3-27-25(28-17-23-18-32-24(30-23)21-11-9-20(2)10-12-21)29-19-26(13-15-31-16-14-26)22-7-5-4-6-8-22/h4-12,18H,3,13-17,19H2,1-2H3,(H2,27,28,29). The Morgan fingerprint density at radius 3 is 2.50 bits per heavy atom. The van der Waals surface area contributed by atoms with Crippen LogP contribution in [-0.2, 0) is 16.7 Å². The maximum atomic E-state index is 5.68. The van der Waals surface area contributed by atoms with Crippen molar-refractivity contribution in [2.24, 2.45) is 4.99 Å². The van der Waals surface area contributed by atoms with E-state index in [1.165, 1.54) is 11.1 Å². The molecular weight excluding hydrogens is 400 g/mol. The summed E-state index contributed by atoms with van der Waals surface area (Å²) < 4.78 is 11.3. The summed E-state index contributed by atoms with van der Waals surface area (Å²) in [6.07, 6.45) is 3.67. The van der Waals surface area contributed by atoms with Gasteiger partial charge in [-0.25, -0.2) is 9.98 Å². The van der Waals surface area contributed by atoms with E-state index in [-0.39, 0.29) is 5.41 Å². The van der Waals surface area contributed by atoms with Crippen molar-refractivity contribution in [2.45, 2.75) is 38.6 Å². The summed E-state index contributed by atoms with van der Waals surface area (Å²) in [5, 5.41) is 6.92. The molecule has 0 aliphatic carbocycles. The van der Waals surface area contributed by atoms with Gasteiger partial charge in [-0.3, -0.25) is 0 Å². The zero-order chi connectivity index (χ0) is 22.2. The number of aliphatic imine (C=N–C) groups is 1. The summed E-state index contributed by atoms with van der Waals surface area (Å²) >= 11 is 0. The number of aromatic nitrogens is 1. The number of aryl methyl sites for hydroxylation is 1. The molecule has 168 valence electrons. The number of rotatable bonds is 7. The predicted molar refractivity (Wildman–Crippen MR) is 128 cm³/mol. The van der Waals surface area contributed by atoms with E-state index < -0.39 is 0 Å². The Morgan fingerprint density at radius 1 is 1.03 bits per heavy atom. The number of benzene rings is 2. The van der Waals surface area contributed by atoms with E-state index in [1.807, 2.05) is 12.1 Å². The number of nitrogens with zero attached hydrogens (tertiary/aromatic N) is 2. The third kappa shape index (κ3) is 5.37. The van der Waals surface area contributed by atoms with Crippen LogP contribution >= 0.6 is 0 Å². The Balaban J connectivity index is 1.44. The lowest BCUT2D eigenvalue weighted by Crippen LogP contribution is -2.48. The van der Waals surface area contributed by atoms with Gasteiger partial charge in [-0.2, -0.15) is 0 Å². The first-order chi connectivity index (χ1) is 15.7. The first kappa shape index (κ1) is 22.1. The quantitative estimate of drug-likeness (QED) is 0.426. The molecule has 0 unspecified atom stereocenters. The average molecular weight is 433 g/mol. The van der Waals surface area contributed by atoms with E-state index >= 15 is 0 Å². The van der Waals surface area contributed by atoms with Gasteiger partial charge in [0.05, 0.1) is 6.54 Å². The Bertz CT molecular complexity index is 1010. The largest absolute Gasteiger partial charge is 0.444 e. The molecule has 1 aliphatic rings. The fourth-order valence-electron chi connectivity index (χ4n) is 4.08. The van der Waals surface area contributed by atoms with Gasteiger partial charge in [0, 0.05) is 37.3 Å². The van der Waals surface area contributed by atoms with Crippen LogP contribution in [0.25, 0.3) is 11.5 Å². The van der Waals surface area contributed by atoms with E-state index in [0.717, 1.165) is 56.4 Å². The van der Waals surface area contributed by atoms with Gasteiger partial charge in [-0.05, 0) is 44.4 Å². The van der Waals surface area contributed by atoms with Crippen molar-refractivity contribution in [2.75, 3.05) is 26.3 Å². The lowest BCUT2D eigenvalue weighted by molar-refractivity contribution is 0.0514. The molecule has 1 aliphatic heterocycles. The highest BCUT2D eigenvalue weighted by Crippen LogP contribution is 2.34. The number of nitrogens with one attached hydrogen (secondary N) is 2. The van der Waals surface area contributed by atoms with Crippen molar-refractivity contribution >= 4 is 5.96 Å². The van der Waals surface area contributed by atoms with E-state index in [1.54, 1.807) is 6.26 Å². The van der Waals surface area contributed by atoms with E-state index in [0.29, 0.717) is 12.4 Å². The van der Waals surface area contributed by atoms with Crippen molar-refractivity contribution in [3.05, 3.63) is 77.7 Å². The highest BCUT2D eigenvalue weighted by molar-refractivity contribution is 5.79. The SMILES string of the molecule is CCNC(=NCc1coc(-c2ccc(C)cc2)n1)NCC1(c2ccccc2)CCOCC1. The molecule has 6 heteroatoms. The average Bonchev–Trinajstić information content (AvgIpc) is 3.31. The fraction of sp³-hybridized carbons (Fsp3) is 0.385. The molecule has 2 aromatic carbocycles. The van der Waals surface area contributed by atoms with Crippen LogP contribution < -0.4 is 10.6 Å². The van der Waals surface area contributed by atoms with E-state index in [2.05, 4.69) is 71.9 Å². The van der Waals surface area contributed by atoms with Gasteiger partial charge >= 0.3 is 0 Å². The smallest absolute Gasteiger partial charge is 0.226 e. The van der Waals surface area contributed by atoms with Crippen LogP contribution in [0.15, 0.2) is 70.3 Å². The maximum Gasteiger partial charge on any atom is 0.226 e. The third-order valence-electron chi connectivity index (χ3n) is 6.02. The molecule has 0 spiro atoms. The second-order valence-electron chi connectivity index (χ2n) is 8.32. The van der Waals surface area contributed by atoms with Crippen LogP contribution in [0.4, 0.5) is 0 Å². The lowest BCUT2D eigenvalue weighted by atomic mass is 9.74. The molecule has 0 atom stereocenters. The topological polar surface area (TPSA) is 71.7 Å². The molecule has 32 heavy (non-hydrogen) atoms. The van der Waals surface area contributed by atoms with Crippen LogP contribution in [0, 0.1) is 6.92 Å². The summed E-state index contributed by atoms with van der Waals surface area (Å²) in [6.45, 7) is 7.75. The minimum Gasteiger partial charge on any atom is -0.444 e. The van der Waals surface area contributed by atoms with Gasteiger partial charge in [0.15, 0.2) is 5.96 Å². The molecule has 0 radical (unpaired) electrons. The van der Waals surface area contributed by atoms with Gasteiger partial charge in [0.1, 0.15) is 12.0 Å². The minimum atomic E-state index is 0.0439. The molecule has 4 rings (SSSR count). The summed E-state index contributed by atoms with van der Waals surface area (Å²) in [6, 6.07) is 18.9. The zero-order valence-corrected chi connectivity index (χ0v) is 18.9. The third-order valence-corrected chi connectivity index (χ3v) is 6.02. The molecule has 6 nitrogen and oxygen atoms in total. The Hall–Kier alpha value is -3.12. The highest BCUT2D eigenvalue weighted by Gasteiger charge is 2.34. The van der Waals surface area contributed by atoms with Crippen molar-refractivity contribution in [1.29, 1.82) is 0 Å². The molecule has 1 aromatic heterocycles. The molecule has 0 bridgehead atoms. The predicted octanol–water partition coefficient (Wildman–Crippen LogP) is 4.45. The molecule has 1 saturated heterocycles. The normalized spacial score (nSPS) is 16.0. The number of hydrogen-bond acceptors (Lipinski definition) is 4.